The molecular formula is C18H28N2O3. The molecule has 2 atom stereocenters. The van der Waals surface area contributed by atoms with Crippen molar-refractivity contribution in [2.24, 2.45) is 5.92 Å². The standard InChI is InChI=1S/C18H28N2O3/c1-4-11-23-18(10-6-7-14(3)12-18)17(21)20-15-8-9-16(19-13-15)22-5-2/h8-9,13-14H,4-7,10-12H2,1-3H3,(H,20,21). The molecule has 1 fully saturated rings. The molecule has 1 aliphatic rings. The van der Waals surface area contributed by atoms with Crippen molar-refractivity contribution < 1.29 is 14.3 Å². The van der Waals surface area contributed by atoms with Gasteiger partial charge in [0.05, 0.1) is 18.5 Å². The minimum Gasteiger partial charge on any atom is -0.478 e. The maximum atomic E-state index is 12.9. The third kappa shape index (κ3) is 4.67. The van der Waals surface area contributed by atoms with Crippen LogP contribution in [0.1, 0.15) is 52.9 Å². The van der Waals surface area contributed by atoms with E-state index in [1.165, 1.54) is 0 Å². The van der Waals surface area contributed by atoms with Crippen LogP contribution in [0.3, 0.4) is 0 Å². The summed E-state index contributed by atoms with van der Waals surface area (Å²) in [5.74, 6) is 1.02. The van der Waals surface area contributed by atoms with Crippen LogP contribution < -0.4 is 10.1 Å². The van der Waals surface area contributed by atoms with Crippen LogP contribution >= 0.6 is 0 Å². The summed E-state index contributed by atoms with van der Waals surface area (Å²) in [6.45, 7) is 7.35. The van der Waals surface area contributed by atoms with Gasteiger partial charge in [0.15, 0.2) is 0 Å². The summed E-state index contributed by atoms with van der Waals surface area (Å²) in [6.07, 6.45) is 6.29. The lowest BCUT2D eigenvalue weighted by Gasteiger charge is -2.38. The topological polar surface area (TPSA) is 60.5 Å². The molecule has 128 valence electrons. The zero-order chi connectivity index (χ0) is 16.7. The average Bonchev–Trinajstić information content (AvgIpc) is 2.55. The summed E-state index contributed by atoms with van der Waals surface area (Å²) in [7, 11) is 0. The Morgan fingerprint density at radius 3 is 2.87 bits per heavy atom. The van der Waals surface area contributed by atoms with Gasteiger partial charge in [-0.25, -0.2) is 4.98 Å². The fourth-order valence-electron chi connectivity index (χ4n) is 3.14. The Morgan fingerprint density at radius 2 is 2.26 bits per heavy atom. The SMILES string of the molecule is CCCOC1(C(=O)Nc2ccc(OCC)nc2)CCCC(C)C1. The fourth-order valence-corrected chi connectivity index (χ4v) is 3.14. The highest BCUT2D eigenvalue weighted by Crippen LogP contribution is 2.36. The van der Waals surface area contributed by atoms with Crippen LogP contribution in [0, 0.1) is 5.92 Å². The average molecular weight is 320 g/mol. The number of rotatable bonds is 7. The van der Waals surface area contributed by atoms with E-state index in [1.807, 2.05) is 13.0 Å². The fraction of sp³-hybridized carbons (Fsp3) is 0.667. The third-order valence-electron chi connectivity index (χ3n) is 4.24. The van der Waals surface area contributed by atoms with Crippen molar-refractivity contribution in [1.29, 1.82) is 0 Å². The molecule has 2 rings (SSSR count). The van der Waals surface area contributed by atoms with Gasteiger partial charge in [0, 0.05) is 12.7 Å². The number of carbonyl (C=O) groups is 1. The van der Waals surface area contributed by atoms with Crippen molar-refractivity contribution in [2.75, 3.05) is 18.5 Å². The van der Waals surface area contributed by atoms with Gasteiger partial charge in [0.25, 0.3) is 5.91 Å². The molecule has 0 spiro atoms. The molecule has 1 N–H and O–H groups in total. The lowest BCUT2D eigenvalue weighted by Crippen LogP contribution is -2.48. The Labute approximate surface area is 138 Å². The van der Waals surface area contributed by atoms with Gasteiger partial charge in [0.1, 0.15) is 5.60 Å². The minimum absolute atomic E-state index is 0.0524. The third-order valence-corrected chi connectivity index (χ3v) is 4.24. The van der Waals surface area contributed by atoms with E-state index < -0.39 is 5.60 Å². The maximum Gasteiger partial charge on any atom is 0.256 e. The first-order chi connectivity index (χ1) is 11.1. The number of hydrogen-bond acceptors (Lipinski definition) is 4. The number of aromatic nitrogens is 1. The number of carbonyl (C=O) groups excluding carboxylic acids is 1. The summed E-state index contributed by atoms with van der Waals surface area (Å²) in [5, 5.41) is 2.97. The predicted octanol–water partition coefficient (Wildman–Crippen LogP) is 3.79. The summed E-state index contributed by atoms with van der Waals surface area (Å²) < 4.78 is 11.3. The van der Waals surface area contributed by atoms with E-state index in [-0.39, 0.29) is 5.91 Å². The molecule has 0 radical (unpaired) electrons. The summed E-state index contributed by atoms with van der Waals surface area (Å²) in [6, 6.07) is 3.58. The molecule has 5 heteroatoms. The van der Waals surface area contributed by atoms with Crippen molar-refractivity contribution in [1.82, 2.24) is 4.98 Å². The molecule has 0 bridgehead atoms. The maximum absolute atomic E-state index is 12.9. The molecule has 0 saturated heterocycles. The van der Waals surface area contributed by atoms with Crippen LogP contribution in [0.25, 0.3) is 0 Å². The van der Waals surface area contributed by atoms with Gasteiger partial charge in [-0.15, -0.1) is 0 Å². The Hall–Kier alpha value is -1.62. The Bertz CT molecular complexity index is 503. The molecule has 2 unspecified atom stereocenters. The molecular weight excluding hydrogens is 292 g/mol. The van der Waals surface area contributed by atoms with Crippen LogP contribution in [0.2, 0.25) is 0 Å². The van der Waals surface area contributed by atoms with Gasteiger partial charge in [-0.1, -0.05) is 20.3 Å². The number of anilines is 1. The number of ether oxygens (including phenoxy) is 2. The molecule has 5 nitrogen and oxygen atoms in total. The molecule has 0 aliphatic heterocycles. The van der Waals surface area contributed by atoms with E-state index in [2.05, 4.69) is 24.1 Å². The van der Waals surface area contributed by atoms with Crippen LogP contribution in [0.15, 0.2) is 18.3 Å². The molecule has 1 amide bonds. The normalized spacial score (nSPS) is 24.2. The lowest BCUT2D eigenvalue weighted by molar-refractivity contribution is -0.148. The van der Waals surface area contributed by atoms with E-state index in [9.17, 15) is 4.79 Å². The molecule has 1 heterocycles. The summed E-state index contributed by atoms with van der Waals surface area (Å²) >= 11 is 0. The van der Waals surface area contributed by atoms with Gasteiger partial charge in [-0.05, 0) is 44.6 Å². The second kappa shape index (κ2) is 8.29. The van der Waals surface area contributed by atoms with Crippen LogP contribution in [-0.2, 0) is 9.53 Å². The largest absolute Gasteiger partial charge is 0.478 e. The predicted molar refractivity (Wildman–Crippen MR) is 90.6 cm³/mol. The second-order valence-corrected chi connectivity index (χ2v) is 6.32. The number of pyridine rings is 1. The van der Waals surface area contributed by atoms with Gasteiger partial charge in [-0.3, -0.25) is 4.79 Å². The molecule has 1 aromatic heterocycles. The Kier molecular flexibility index (Phi) is 6.39. The number of nitrogens with one attached hydrogen (secondary N) is 1. The molecule has 1 aliphatic carbocycles. The highest BCUT2D eigenvalue weighted by atomic mass is 16.5. The van der Waals surface area contributed by atoms with Gasteiger partial charge < -0.3 is 14.8 Å². The first kappa shape index (κ1) is 17.7. The van der Waals surface area contributed by atoms with Gasteiger partial charge in [-0.2, -0.15) is 0 Å². The smallest absolute Gasteiger partial charge is 0.256 e. The van der Waals surface area contributed by atoms with E-state index in [0.29, 0.717) is 30.7 Å². The zero-order valence-electron chi connectivity index (χ0n) is 14.4. The van der Waals surface area contributed by atoms with E-state index in [0.717, 1.165) is 32.1 Å². The first-order valence-electron chi connectivity index (χ1n) is 8.64. The number of amides is 1. The molecule has 1 aromatic rings. The Balaban J connectivity index is 2.07. The minimum atomic E-state index is -0.702. The first-order valence-corrected chi connectivity index (χ1v) is 8.64. The molecule has 0 aromatic carbocycles. The van der Waals surface area contributed by atoms with E-state index in [1.54, 1.807) is 12.3 Å². The summed E-state index contributed by atoms with van der Waals surface area (Å²) in [5.41, 5.74) is -0.0251. The second-order valence-electron chi connectivity index (χ2n) is 6.32. The van der Waals surface area contributed by atoms with Crippen molar-refractivity contribution in [2.45, 2.75) is 58.5 Å². The van der Waals surface area contributed by atoms with Gasteiger partial charge in [0.2, 0.25) is 5.88 Å². The van der Waals surface area contributed by atoms with Crippen molar-refractivity contribution in [3.63, 3.8) is 0 Å². The quantitative estimate of drug-likeness (QED) is 0.830. The lowest BCUT2D eigenvalue weighted by atomic mass is 9.78. The highest BCUT2D eigenvalue weighted by molar-refractivity contribution is 5.97. The highest BCUT2D eigenvalue weighted by Gasteiger charge is 2.42. The van der Waals surface area contributed by atoms with Crippen molar-refractivity contribution in [3.8, 4) is 5.88 Å². The summed E-state index contributed by atoms with van der Waals surface area (Å²) in [4.78, 5) is 17.0. The number of nitrogens with zero attached hydrogens (tertiary/aromatic N) is 1. The monoisotopic (exact) mass is 320 g/mol. The number of hydrogen-bond donors (Lipinski definition) is 1. The van der Waals surface area contributed by atoms with E-state index in [4.69, 9.17) is 9.47 Å². The Morgan fingerprint density at radius 1 is 1.43 bits per heavy atom. The van der Waals surface area contributed by atoms with Crippen LogP contribution in [-0.4, -0.2) is 29.7 Å². The van der Waals surface area contributed by atoms with Crippen LogP contribution in [0.5, 0.6) is 5.88 Å². The molecule has 23 heavy (non-hydrogen) atoms. The van der Waals surface area contributed by atoms with Crippen molar-refractivity contribution in [3.05, 3.63) is 18.3 Å². The zero-order valence-corrected chi connectivity index (χ0v) is 14.4. The van der Waals surface area contributed by atoms with Gasteiger partial charge >= 0.3 is 0 Å². The molecule has 1 saturated carbocycles. The van der Waals surface area contributed by atoms with E-state index >= 15 is 0 Å². The van der Waals surface area contributed by atoms with Crippen LogP contribution in [0.4, 0.5) is 5.69 Å². The van der Waals surface area contributed by atoms with Crippen molar-refractivity contribution >= 4 is 11.6 Å².